The van der Waals surface area contributed by atoms with Crippen molar-refractivity contribution in [3.05, 3.63) is 35.9 Å². The first-order valence-corrected chi connectivity index (χ1v) is 10.5. The molecule has 0 aromatic heterocycles. The summed E-state index contributed by atoms with van der Waals surface area (Å²) in [5.41, 5.74) is 0.427. The van der Waals surface area contributed by atoms with Gasteiger partial charge in [-0.05, 0) is 25.3 Å². The molecule has 3 aliphatic rings. The number of hydrogen-bond donors (Lipinski definition) is 1. The van der Waals surface area contributed by atoms with Crippen LogP contribution in [0.25, 0.3) is 0 Å². The molecule has 0 bridgehead atoms. The van der Waals surface area contributed by atoms with Crippen molar-refractivity contribution in [1.29, 1.82) is 0 Å². The zero-order valence-electron chi connectivity index (χ0n) is 14.3. The molecule has 6 nitrogen and oxygen atoms in total. The number of aliphatic hydroxyl groups is 1. The second-order valence-electron chi connectivity index (χ2n) is 7.41. The molecule has 1 spiro atoms. The van der Waals surface area contributed by atoms with Gasteiger partial charge in [0.1, 0.15) is 0 Å². The summed E-state index contributed by atoms with van der Waals surface area (Å²) < 4.78 is 26.8. The highest BCUT2D eigenvalue weighted by Crippen LogP contribution is 2.55. The van der Waals surface area contributed by atoms with Crippen molar-refractivity contribution in [3.8, 4) is 0 Å². The van der Waals surface area contributed by atoms with Gasteiger partial charge in [-0.1, -0.05) is 30.3 Å². The number of carbonyl (C=O) groups is 1. The van der Waals surface area contributed by atoms with Crippen molar-refractivity contribution in [2.75, 3.05) is 25.4 Å². The van der Waals surface area contributed by atoms with Crippen molar-refractivity contribution in [2.24, 2.45) is 5.92 Å². The molecular weight excluding hydrogens is 340 g/mol. The monoisotopic (exact) mass is 364 g/mol. The standard InChI is InChI=1S/C18H24N2O4S/c1-2-25(23,24)20-15(10-21)16(13-6-4-3-5-7-13)18(20)11-19(12-18)17(22)14-8-9-14/h3-7,14-16,21H,2,8-12H2,1H3/t15-,16-/m1/s1. The Kier molecular flexibility index (Phi) is 3.94. The van der Waals surface area contributed by atoms with E-state index in [1.165, 1.54) is 4.31 Å². The van der Waals surface area contributed by atoms with E-state index in [2.05, 4.69) is 0 Å². The Morgan fingerprint density at radius 3 is 2.40 bits per heavy atom. The van der Waals surface area contributed by atoms with E-state index in [1.54, 1.807) is 11.8 Å². The Morgan fingerprint density at radius 1 is 1.24 bits per heavy atom. The van der Waals surface area contributed by atoms with Gasteiger partial charge in [-0.25, -0.2) is 8.42 Å². The van der Waals surface area contributed by atoms with Crippen molar-refractivity contribution in [1.82, 2.24) is 9.21 Å². The molecule has 4 rings (SSSR count). The summed E-state index contributed by atoms with van der Waals surface area (Å²) in [6.07, 6.45) is 1.89. The number of aliphatic hydroxyl groups excluding tert-OH is 1. The first-order valence-electron chi connectivity index (χ1n) is 8.91. The average Bonchev–Trinajstić information content (AvgIpc) is 3.38. The molecule has 1 aromatic carbocycles. The lowest BCUT2D eigenvalue weighted by Crippen LogP contribution is -2.86. The van der Waals surface area contributed by atoms with Crippen LogP contribution in [-0.4, -0.2) is 65.7 Å². The fourth-order valence-electron chi connectivity index (χ4n) is 4.57. The number of sulfonamides is 1. The highest BCUT2D eigenvalue weighted by Gasteiger charge is 2.70. The molecule has 1 saturated carbocycles. The molecule has 2 atom stereocenters. The summed E-state index contributed by atoms with van der Waals surface area (Å²) in [6, 6.07) is 9.30. The Morgan fingerprint density at radius 2 is 1.88 bits per heavy atom. The number of benzene rings is 1. The van der Waals surface area contributed by atoms with Crippen molar-refractivity contribution >= 4 is 15.9 Å². The third-order valence-electron chi connectivity index (χ3n) is 5.88. The molecule has 25 heavy (non-hydrogen) atoms. The number of rotatable bonds is 5. The molecule has 0 radical (unpaired) electrons. The first kappa shape index (κ1) is 17.0. The van der Waals surface area contributed by atoms with Gasteiger partial charge in [0.15, 0.2) is 0 Å². The Bertz CT molecular complexity index is 770. The van der Waals surface area contributed by atoms with E-state index in [1.807, 2.05) is 30.3 Å². The molecule has 3 fully saturated rings. The highest BCUT2D eigenvalue weighted by molar-refractivity contribution is 7.89. The third kappa shape index (κ3) is 2.44. The molecule has 1 aromatic rings. The van der Waals surface area contributed by atoms with Crippen LogP contribution < -0.4 is 0 Å². The average molecular weight is 364 g/mol. The molecule has 136 valence electrons. The van der Waals surface area contributed by atoms with E-state index >= 15 is 0 Å². The number of likely N-dealkylation sites (tertiary alicyclic amines) is 1. The predicted octanol–water partition coefficient (Wildman–Crippen LogP) is 0.787. The lowest BCUT2D eigenvalue weighted by atomic mass is 9.63. The molecule has 2 saturated heterocycles. The zero-order chi connectivity index (χ0) is 17.8. The largest absolute Gasteiger partial charge is 0.395 e. The van der Waals surface area contributed by atoms with Gasteiger partial charge in [0, 0.05) is 24.9 Å². The van der Waals surface area contributed by atoms with Gasteiger partial charge in [-0.2, -0.15) is 4.31 Å². The molecule has 1 aliphatic carbocycles. The van der Waals surface area contributed by atoms with Crippen LogP contribution in [0.1, 0.15) is 31.2 Å². The number of carbonyl (C=O) groups excluding carboxylic acids is 1. The molecule has 0 unspecified atom stereocenters. The van der Waals surface area contributed by atoms with Crippen LogP contribution >= 0.6 is 0 Å². The van der Waals surface area contributed by atoms with Crippen LogP contribution in [0, 0.1) is 5.92 Å². The predicted molar refractivity (Wildman–Crippen MR) is 93.4 cm³/mol. The van der Waals surface area contributed by atoms with E-state index in [-0.39, 0.29) is 30.1 Å². The van der Waals surface area contributed by atoms with Gasteiger partial charge in [-0.15, -0.1) is 0 Å². The topological polar surface area (TPSA) is 77.9 Å². The fraction of sp³-hybridized carbons (Fsp3) is 0.611. The molecule has 2 heterocycles. The minimum absolute atomic E-state index is 0.00330. The Hall–Kier alpha value is -1.44. The number of amides is 1. The lowest BCUT2D eigenvalue weighted by Gasteiger charge is -2.69. The minimum atomic E-state index is -3.45. The van der Waals surface area contributed by atoms with Gasteiger partial charge in [0.2, 0.25) is 15.9 Å². The van der Waals surface area contributed by atoms with E-state index < -0.39 is 21.6 Å². The first-order chi connectivity index (χ1) is 11.9. The van der Waals surface area contributed by atoms with Gasteiger partial charge in [0.25, 0.3) is 0 Å². The van der Waals surface area contributed by atoms with E-state index in [9.17, 15) is 18.3 Å². The summed E-state index contributed by atoms with van der Waals surface area (Å²) in [5.74, 6) is 0.211. The van der Waals surface area contributed by atoms with Crippen LogP contribution in [0.4, 0.5) is 0 Å². The smallest absolute Gasteiger partial charge is 0.225 e. The number of hydrogen-bond acceptors (Lipinski definition) is 4. The molecule has 2 aliphatic heterocycles. The van der Waals surface area contributed by atoms with Crippen LogP contribution in [0.15, 0.2) is 30.3 Å². The second-order valence-corrected chi connectivity index (χ2v) is 9.54. The maximum absolute atomic E-state index is 12.7. The molecule has 1 amide bonds. The van der Waals surface area contributed by atoms with Crippen molar-refractivity contribution in [2.45, 2.75) is 37.3 Å². The van der Waals surface area contributed by atoms with E-state index in [4.69, 9.17) is 0 Å². The second kappa shape index (κ2) is 5.79. The van der Waals surface area contributed by atoms with E-state index in [0.717, 1.165) is 18.4 Å². The van der Waals surface area contributed by atoms with Gasteiger partial charge in [-0.3, -0.25) is 4.79 Å². The zero-order valence-corrected chi connectivity index (χ0v) is 15.2. The summed E-state index contributed by atoms with van der Waals surface area (Å²) in [7, 11) is -3.45. The SMILES string of the molecule is CCS(=O)(=O)N1[C@H](CO)[C@@H](c2ccccc2)C12CN(C(=O)C1CC1)C2. The third-order valence-corrected chi connectivity index (χ3v) is 7.85. The maximum Gasteiger partial charge on any atom is 0.225 e. The van der Waals surface area contributed by atoms with Crippen LogP contribution in [0.2, 0.25) is 0 Å². The lowest BCUT2D eigenvalue weighted by molar-refractivity contribution is -0.168. The van der Waals surface area contributed by atoms with Crippen LogP contribution in [-0.2, 0) is 14.8 Å². The normalized spacial score (nSPS) is 28.5. The minimum Gasteiger partial charge on any atom is -0.395 e. The summed E-state index contributed by atoms with van der Waals surface area (Å²) in [6.45, 7) is 2.27. The fourth-order valence-corrected chi connectivity index (χ4v) is 6.23. The van der Waals surface area contributed by atoms with Gasteiger partial charge < -0.3 is 10.0 Å². The number of nitrogens with zero attached hydrogens (tertiary/aromatic N) is 2. The molecular formula is C18H24N2O4S. The van der Waals surface area contributed by atoms with Crippen molar-refractivity contribution in [3.63, 3.8) is 0 Å². The van der Waals surface area contributed by atoms with Crippen LogP contribution in [0.3, 0.4) is 0 Å². The summed E-state index contributed by atoms with van der Waals surface area (Å²) in [4.78, 5) is 14.1. The molecule has 1 N–H and O–H groups in total. The quantitative estimate of drug-likeness (QED) is 0.838. The van der Waals surface area contributed by atoms with Gasteiger partial charge in [0.05, 0.1) is 23.9 Å². The van der Waals surface area contributed by atoms with Crippen molar-refractivity contribution < 1.29 is 18.3 Å². The highest BCUT2D eigenvalue weighted by atomic mass is 32.2. The summed E-state index contributed by atoms with van der Waals surface area (Å²) in [5, 5.41) is 9.89. The molecule has 7 heteroatoms. The van der Waals surface area contributed by atoms with Gasteiger partial charge >= 0.3 is 0 Å². The maximum atomic E-state index is 12.7. The Balaban J connectivity index is 1.67. The van der Waals surface area contributed by atoms with Crippen LogP contribution in [0.5, 0.6) is 0 Å². The summed E-state index contributed by atoms with van der Waals surface area (Å²) >= 11 is 0. The Labute approximate surface area is 148 Å². The van der Waals surface area contributed by atoms with E-state index in [0.29, 0.717) is 13.1 Å².